The zero-order valence-corrected chi connectivity index (χ0v) is 35.2. The number of hydrogen-bond acceptors (Lipinski definition) is 4. The van der Waals surface area contributed by atoms with Crippen LogP contribution in [-0.4, -0.2) is 28.5 Å². The van der Waals surface area contributed by atoms with Gasteiger partial charge in [0.05, 0.1) is 17.8 Å². The van der Waals surface area contributed by atoms with Crippen molar-refractivity contribution in [3.63, 3.8) is 0 Å². The lowest BCUT2D eigenvalue weighted by molar-refractivity contribution is 0.317. The average molecular weight is 808 g/mol. The number of aromatic nitrogens is 1. The SMILES string of the molecule is C1=CCCC(C(NCC2=CCCC=C2)N2NC2C2C=CC=C(c3ccc(-c4ccccc4)c(Nc4cccc(-c5cccc6c5c5c(n6-c6ccccc6)CCC=C5)c4)c3)C2)=C1. The molecule has 2 heterocycles. The van der Waals surface area contributed by atoms with Gasteiger partial charge in [-0.05, 0) is 120 Å². The fourth-order valence-corrected chi connectivity index (χ4v) is 10.1. The number of hydrogen-bond donors (Lipinski definition) is 3. The van der Waals surface area contributed by atoms with Crippen molar-refractivity contribution < 1.29 is 0 Å². The zero-order valence-electron chi connectivity index (χ0n) is 35.2. The van der Waals surface area contributed by atoms with Crippen LogP contribution in [0.25, 0.3) is 50.5 Å². The molecule has 1 aliphatic heterocycles. The van der Waals surface area contributed by atoms with Gasteiger partial charge >= 0.3 is 0 Å². The molecule has 1 fully saturated rings. The number of rotatable bonds is 12. The minimum absolute atomic E-state index is 0.165. The van der Waals surface area contributed by atoms with Gasteiger partial charge in [-0.25, -0.2) is 10.4 Å². The molecule has 0 radical (unpaired) electrons. The number of hydrazine groups is 1. The van der Waals surface area contributed by atoms with Crippen molar-refractivity contribution in [2.75, 3.05) is 11.9 Å². The van der Waals surface area contributed by atoms with Crippen molar-refractivity contribution in [3.8, 4) is 27.9 Å². The summed E-state index contributed by atoms with van der Waals surface area (Å²) in [7, 11) is 0. The van der Waals surface area contributed by atoms with Gasteiger partial charge in [0.25, 0.3) is 0 Å². The summed E-state index contributed by atoms with van der Waals surface area (Å²) in [4.78, 5) is 0. The topological polar surface area (TPSA) is 53.9 Å². The summed E-state index contributed by atoms with van der Waals surface area (Å²) in [5.41, 5.74) is 21.5. The lowest BCUT2D eigenvalue weighted by Gasteiger charge is -2.26. The molecule has 4 unspecified atom stereocenters. The predicted molar refractivity (Wildman–Crippen MR) is 260 cm³/mol. The summed E-state index contributed by atoms with van der Waals surface area (Å²) in [6.07, 6.45) is 33.4. The highest BCUT2D eigenvalue weighted by Crippen LogP contribution is 2.42. The van der Waals surface area contributed by atoms with E-state index in [-0.39, 0.29) is 12.3 Å². The Hall–Kier alpha value is -6.50. The van der Waals surface area contributed by atoms with Crippen LogP contribution in [0.15, 0.2) is 193 Å². The molecule has 1 saturated heterocycles. The molecule has 5 aliphatic rings. The Morgan fingerprint density at radius 3 is 2.37 bits per heavy atom. The fourth-order valence-electron chi connectivity index (χ4n) is 10.1. The van der Waals surface area contributed by atoms with E-state index in [1.165, 1.54) is 72.4 Å². The number of para-hydroxylation sites is 1. The van der Waals surface area contributed by atoms with Crippen LogP contribution >= 0.6 is 0 Å². The molecule has 11 rings (SSSR count). The highest BCUT2D eigenvalue weighted by molar-refractivity contribution is 6.04. The third-order valence-corrected chi connectivity index (χ3v) is 13.2. The molecule has 5 nitrogen and oxygen atoms in total. The van der Waals surface area contributed by atoms with Crippen LogP contribution in [0, 0.1) is 5.92 Å². The Bertz CT molecular complexity index is 2850. The van der Waals surface area contributed by atoms with Crippen molar-refractivity contribution >= 4 is 33.9 Å². The normalized spacial score (nSPS) is 20.6. The Kier molecular flexibility index (Phi) is 10.6. The van der Waals surface area contributed by atoms with E-state index in [4.69, 9.17) is 0 Å². The summed E-state index contributed by atoms with van der Waals surface area (Å²) >= 11 is 0. The van der Waals surface area contributed by atoms with Crippen molar-refractivity contribution in [1.29, 1.82) is 0 Å². The molecule has 0 saturated carbocycles. The molecule has 4 aliphatic carbocycles. The van der Waals surface area contributed by atoms with Gasteiger partial charge in [0.15, 0.2) is 0 Å². The van der Waals surface area contributed by atoms with Crippen LogP contribution in [-0.2, 0) is 6.42 Å². The molecule has 0 spiro atoms. The molecule has 4 atom stereocenters. The average Bonchev–Trinajstić information content (AvgIpc) is 4.06. The molecule has 5 aromatic carbocycles. The standard InChI is InChI=1S/C57H53N5/c1-5-18-40(19-6-1)39-58-56(42-22-9-3-10-23-42)62-57(60-62)46-26-15-24-43(36-46)44-34-35-49(41-20-7-2-8-21-41)52(38-44)59-47-27-16-25-45(37-47)50-31-17-33-54-55(50)51-30-13-14-32-53(51)61(54)48-28-11-4-12-29-48/h2-5,7-9,11-13,15-22,24-31,33-35,37-38,46,56-60H,1,6,10,14,23,32,36,39H2. The molecule has 5 heteroatoms. The van der Waals surface area contributed by atoms with E-state index in [0.717, 1.165) is 62.9 Å². The molecule has 0 amide bonds. The van der Waals surface area contributed by atoms with Crippen LogP contribution in [0.1, 0.15) is 55.3 Å². The first-order valence-electron chi connectivity index (χ1n) is 22.6. The van der Waals surface area contributed by atoms with Gasteiger partial charge in [0.2, 0.25) is 0 Å². The van der Waals surface area contributed by atoms with E-state index in [9.17, 15) is 0 Å². The second-order valence-electron chi connectivity index (χ2n) is 17.2. The fraction of sp³-hybridized carbons (Fsp3) is 0.193. The summed E-state index contributed by atoms with van der Waals surface area (Å²) in [5, 5.41) is 11.6. The van der Waals surface area contributed by atoms with Gasteiger partial charge in [0.1, 0.15) is 0 Å². The molecule has 62 heavy (non-hydrogen) atoms. The van der Waals surface area contributed by atoms with Gasteiger partial charge in [-0.1, -0.05) is 152 Å². The van der Waals surface area contributed by atoms with Crippen LogP contribution in [0.3, 0.4) is 0 Å². The van der Waals surface area contributed by atoms with Gasteiger partial charge in [-0.15, -0.1) is 0 Å². The molecule has 1 aromatic heterocycles. The van der Waals surface area contributed by atoms with E-state index in [0.29, 0.717) is 5.92 Å². The maximum Gasteiger partial charge on any atom is 0.0976 e. The third-order valence-electron chi connectivity index (χ3n) is 13.2. The second kappa shape index (κ2) is 17.1. The monoisotopic (exact) mass is 807 g/mol. The second-order valence-corrected chi connectivity index (χ2v) is 17.2. The van der Waals surface area contributed by atoms with E-state index in [2.05, 4.69) is 214 Å². The highest BCUT2D eigenvalue weighted by Gasteiger charge is 2.45. The van der Waals surface area contributed by atoms with E-state index in [1.54, 1.807) is 0 Å². The maximum atomic E-state index is 3.93. The minimum Gasteiger partial charge on any atom is -0.355 e. The smallest absolute Gasteiger partial charge is 0.0976 e. The first kappa shape index (κ1) is 38.4. The van der Waals surface area contributed by atoms with Crippen LogP contribution in [0.4, 0.5) is 11.4 Å². The Morgan fingerprint density at radius 2 is 1.52 bits per heavy atom. The van der Waals surface area contributed by atoms with Gasteiger partial charge in [0, 0.05) is 51.7 Å². The molecule has 306 valence electrons. The number of anilines is 2. The number of nitrogens with one attached hydrogen (secondary N) is 3. The Morgan fingerprint density at radius 1 is 0.677 bits per heavy atom. The minimum atomic E-state index is 0.165. The first-order chi connectivity index (χ1) is 30.7. The third kappa shape index (κ3) is 7.69. The summed E-state index contributed by atoms with van der Waals surface area (Å²) in [6.45, 7) is 0.877. The number of benzene rings is 5. The van der Waals surface area contributed by atoms with Gasteiger partial charge in [-0.2, -0.15) is 0 Å². The zero-order chi connectivity index (χ0) is 41.2. The Balaban J connectivity index is 0.882. The van der Waals surface area contributed by atoms with E-state index >= 15 is 0 Å². The molecule has 6 aromatic rings. The number of nitrogens with zero attached hydrogens (tertiary/aromatic N) is 2. The lowest BCUT2D eigenvalue weighted by Crippen LogP contribution is -2.41. The van der Waals surface area contributed by atoms with Crippen molar-refractivity contribution in [1.82, 2.24) is 20.3 Å². The molecule has 0 bridgehead atoms. The van der Waals surface area contributed by atoms with E-state index < -0.39 is 0 Å². The highest BCUT2D eigenvalue weighted by atomic mass is 15.8. The predicted octanol–water partition coefficient (Wildman–Crippen LogP) is 13.2. The summed E-state index contributed by atoms with van der Waals surface area (Å²) in [5.74, 6) is 0.356. The summed E-state index contributed by atoms with van der Waals surface area (Å²) < 4.78 is 2.48. The lowest BCUT2D eigenvalue weighted by atomic mass is 9.87. The van der Waals surface area contributed by atoms with Crippen molar-refractivity contribution in [2.24, 2.45) is 5.92 Å². The van der Waals surface area contributed by atoms with Crippen LogP contribution in [0.2, 0.25) is 0 Å². The molecule has 3 N–H and O–H groups in total. The number of fused-ring (bicyclic) bond motifs is 3. The molecular weight excluding hydrogens is 755 g/mol. The first-order valence-corrected chi connectivity index (χ1v) is 22.6. The van der Waals surface area contributed by atoms with Gasteiger partial charge < -0.3 is 9.88 Å². The van der Waals surface area contributed by atoms with Crippen LogP contribution < -0.4 is 16.1 Å². The molecular formula is C57H53N5. The quantitative estimate of drug-likeness (QED) is 0.108. The summed E-state index contributed by atoms with van der Waals surface area (Å²) in [6, 6.07) is 44.3. The Labute approximate surface area is 365 Å². The number of allylic oxidation sites excluding steroid dienone is 9. The van der Waals surface area contributed by atoms with Crippen molar-refractivity contribution in [2.45, 2.75) is 57.3 Å². The van der Waals surface area contributed by atoms with Crippen molar-refractivity contribution in [3.05, 3.63) is 210 Å². The largest absolute Gasteiger partial charge is 0.355 e. The van der Waals surface area contributed by atoms with E-state index in [1.807, 2.05) is 0 Å². The maximum absolute atomic E-state index is 3.93. The van der Waals surface area contributed by atoms with Crippen LogP contribution in [0.5, 0.6) is 0 Å². The van der Waals surface area contributed by atoms with Gasteiger partial charge in [-0.3, -0.25) is 5.32 Å².